The highest BCUT2D eigenvalue weighted by Gasteiger charge is 2.19. The molecule has 1 saturated heterocycles. The first-order valence-corrected chi connectivity index (χ1v) is 7.60. The fourth-order valence-corrected chi connectivity index (χ4v) is 3.01. The minimum absolute atomic E-state index is 0.412. The van der Waals surface area contributed by atoms with Gasteiger partial charge in [0, 0.05) is 17.7 Å². The van der Waals surface area contributed by atoms with Crippen LogP contribution in [0.3, 0.4) is 0 Å². The molecule has 0 aromatic heterocycles. The van der Waals surface area contributed by atoms with Crippen LogP contribution in [-0.4, -0.2) is 25.8 Å². The number of benzene rings is 1. The van der Waals surface area contributed by atoms with Gasteiger partial charge >= 0.3 is 0 Å². The van der Waals surface area contributed by atoms with E-state index in [2.05, 4.69) is 24.4 Å². The van der Waals surface area contributed by atoms with Gasteiger partial charge in [0.1, 0.15) is 0 Å². The topological polar surface area (TPSA) is 21.3 Å². The van der Waals surface area contributed by atoms with E-state index in [1.807, 2.05) is 13.1 Å². The summed E-state index contributed by atoms with van der Waals surface area (Å²) in [7, 11) is 2.02. The van der Waals surface area contributed by atoms with E-state index in [0.717, 1.165) is 24.5 Å². The third-order valence-electron chi connectivity index (χ3n) is 3.90. The molecule has 2 rings (SSSR count). The maximum Gasteiger partial charge on any atom is 0.0590 e. The van der Waals surface area contributed by atoms with E-state index in [9.17, 15) is 0 Å². The van der Waals surface area contributed by atoms with E-state index in [0.29, 0.717) is 12.1 Å². The lowest BCUT2D eigenvalue weighted by Crippen LogP contribution is -2.34. The van der Waals surface area contributed by atoms with Crippen LogP contribution in [0, 0.1) is 6.92 Å². The molecule has 19 heavy (non-hydrogen) atoms. The molecule has 0 bridgehead atoms. The zero-order chi connectivity index (χ0) is 13.7. The quantitative estimate of drug-likeness (QED) is 0.888. The Balaban J connectivity index is 1.94. The fourth-order valence-electron chi connectivity index (χ4n) is 2.70. The van der Waals surface area contributed by atoms with Crippen LogP contribution < -0.4 is 5.32 Å². The normalized spacial score (nSPS) is 21.3. The van der Waals surface area contributed by atoms with Gasteiger partial charge in [-0.2, -0.15) is 0 Å². The number of nitrogens with one attached hydrogen (secondary N) is 1. The van der Waals surface area contributed by atoms with E-state index < -0.39 is 0 Å². The number of likely N-dealkylation sites (N-methyl/N-ethyl adjacent to an activating group) is 1. The Morgan fingerprint density at radius 3 is 2.89 bits per heavy atom. The highest BCUT2D eigenvalue weighted by molar-refractivity contribution is 6.31. The number of hydrogen-bond donors (Lipinski definition) is 1. The van der Waals surface area contributed by atoms with Crippen molar-refractivity contribution in [3.05, 3.63) is 34.3 Å². The second-order valence-electron chi connectivity index (χ2n) is 5.51. The van der Waals surface area contributed by atoms with Gasteiger partial charge in [-0.1, -0.05) is 23.7 Å². The average Bonchev–Trinajstić information content (AvgIpc) is 2.42. The van der Waals surface area contributed by atoms with E-state index in [1.54, 1.807) is 0 Å². The van der Waals surface area contributed by atoms with Crippen molar-refractivity contribution in [3.63, 3.8) is 0 Å². The molecule has 3 heteroatoms. The molecule has 106 valence electrons. The number of hydrogen-bond acceptors (Lipinski definition) is 2. The Bertz CT molecular complexity index is 402. The van der Waals surface area contributed by atoms with Crippen LogP contribution in [0.4, 0.5) is 0 Å². The van der Waals surface area contributed by atoms with Gasteiger partial charge in [-0.05, 0) is 63.3 Å². The first kappa shape index (κ1) is 14.8. The summed E-state index contributed by atoms with van der Waals surface area (Å²) in [4.78, 5) is 0. The Hall–Kier alpha value is -0.570. The lowest BCUT2D eigenvalue weighted by atomic mass is 9.96. The first-order valence-electron chi connectivity index (χ1n) is 7.23. The van der Waals surface area contributed by atoms with E-state index in [4.69, 9.17) is 16.3 Å². The molecule has 0 amide bonds. The van der Waals surface area contributed by atoms with Gasteiger partial charge in [0.2, 0.25) is 0 Å². The number of ether oxygens (including phenoxy) is 1. The summed E-state index contributed by atoms with van der Waals surface area (Å²) in [5, 5.41) is 4.28. The molecule has 1 N–H and O–H groups in total. The minimum atomic E-state index is 0.412. The van der Waals surface area contributed by atoms with Gasteiger partial charge in [-0.25, -0.2) is 0 Å². The zero-order valence-electron chi connectivity index (χ0n) is 11.9. The third-order valence-corrected chi connectivity index (χ3v) is 4.26. The summed E-state index contributed by atoms with van der Waals surface area (Å²) in [6.07, 6.45) is 6.16. The Morgan fingerprint density at radius 1 is 1.42 bits per heavy atom. The fraction of sp³-hybridized carbons (Fsp3) is 0.625. The van der Waals surface area contributed by atoms with Crippen molar-refractivity contribution in [3.8, 4) is 0 Å². The summed E-state index contributed by atoms with van der Waals surface area (Å²) in [5.41, 5.74) is 2.44. The van der Waals surface area contributed by atoms with Crippen LogP contribution in [0.2, 0.25) is 5.02 Å². The summed E-state index contributed by atoms with van der Waals surface area (Å²) in [6.45, 7) is 2.99. The monoisotopic (exact) mass is 281 g/mol. The SMILES string of the molecule is CNC(Cc1ccc(C)cc1Cl)CC1CCCCO1. The second kappa shape index (κ2) is 7.28. The summed E-state index contributed by atoms with van der Waals surface area (Å²) in [5.74, 6) is 0. The number of rotatable bonds is 5. The summed E-state index contributed by atoms with van der Waals surface area (Å²) >= 11 is 6.31. The smallest absolute Gasteiger partial charge is 0.0590 e. The van der Waals surface area contributed by atoms with Crippen molar-refractivity contribution in [1.82, 2.24) is 5.32 Å². The lowest BCUT2D eigenvalue weighted by Gasteiger charge is -2.27. The van der Waals surface area contributed by atoms with Crippen LogP contribution in [0.25, 0.3) is 0 Å². The molecule has 0 spiro atoms. The van der Waals surface area contributed by atoms with Gasteiger partial charge < -0.3 is 10.1 Å². The van der Waals surface area contributed by atoms with Crippen molar-refractivity contribution in [1.29, 1.82) is 0 Å². The van der Waals surface area contributed by atoms with E-state index >= 15 is 0 Å². The molecule has 2 atom stereocenters. The van der Waals surface area contributed by atoms with Crippen LogP contribution in [0.15, 0.2) is 18.2 Å². The molecule has 1 aromatic rings. The standard InChI is InChI=1S/C16H24ClNO/c1-12-6-7-13(16(17)9-12)10-14(18-2)11-15-5-3-4-8-19-15/h6-7,9,14-15,18H,3-5,8,10-11H2,1-2H3. The van der Waals surface area contributed by atoms with Crippen LogP contribution >= 0.6 is 11.6 Å². The molecule has 1 aliphatic heterocycles. The van der Waals surface area contributed by atoms with Gasteiger partial charge in [0.25, 0.3) is 0 Å². The molecule has 1 heterocycles. The maximum atomic E-state index is 6.31. The molecule has 1 fully saturated rings. The predicted molar refractivity (Wildman–Crippen MR) is 80.9 cm³/mol. The number of halogens is 1. The minimum Gasteiger partial charge on any atom is -0.378 e. The van der Waals surface area contributed by atoms with Gasteiger partial charge in [-0.15, -0.1) is 0 Å². The second-order valence-corrected chi connectivity index (χ2v) is 5.92. The predicted octanol–water partition coefficient (Wildman–Crippen LogP) is 3.74. The molecule has 2 nitrogen and oxygen atoms in total. The largest absolute Gasteiger partial charge is 0.378 e. The Morgan fingerprint density at radius 2 is 2.26 bits per heavy atom. The third kappa shape index (κ3) is 4.48. The van der Waals surface area contributed by atoms with Gasteiger partial charge in [0.05, 0.1) is 6.10 Å². The van der Waals surface area contributed by atoms with Crippen LogP contribution in [-0.2, 0) is 11.2 Å². The first-order chi connectivity index (χ1) is 9.19. The van der Waals surface area contributed by atoms with Crippen LogP contribution in [0.1, 0.15) is 36.8 Å². The van der Waals surface area contributed by atoms with Crippen molar-refractivity contribution in [2.24, 2.45) is 0 Å². The van der Waals surface area contributed by atoms with Gasteiger partial charge in [0.15, 0.2) is 0 Å². The molecular weight excluding hydrogens is 258 g/mol. The maximum absolute atomic E-state index is 6.31. The summed E-state index contributed by atoms with van der Waals surface area (Å²) in [6, 6.07) is 6.75. The molecule has 1 aromatic carbocycles. The lowest BCUT2D eigenvalue weighted by molar-refractivity contribution is 0.00569. The highest BCUT2D eigenvalue weighted by Crippen LogP contribution is 2.22. The van der Waals surface area contributed by atoms with E-state index in [-0.39, 0.29) is 0 Å². The molecule has 0 saturated carbocycles. The molecular formula is C16H24ClNO. The Kier molecular flexibility index (Phi) is 5.68. The average molecular weight is 282 g/mol. The van der Waals surface area contributed by atoms with Crippen molar-refractivity contribution >= 4 is 11.6 Å². The molecule has 0 aliphatic carbocycles. The molecule has 2 unspecified atom stereocenters. The van der Waals surface area contributed by atoms with Gasteiger partial charge in [-0.3, -0.25) is 0 Å². The van der Waals surface area contributed by atoms with Crippen molar-refractivity contribution < 1.29 is 4.74 Å². The molecule has 1 aliphatic rings. The zero-order valence-corrected chi connectivity index (χ0v) is 12.7. The van der Waals surface area contributed by atoms with Crippen molar-refractivity contribution in [2.45, 2.75) is 51.2 Å². The number of aryl methyl sites for hydroxylation is 1. The molecule has 0 radical (unpaired) electrons. The highest BCUT2D eigenvalue weighted by atomic mass is 35.5. The Labute approximate surface area is 121 Å². The van der Waals surface area contributed by atoms with Crippen LogP contribution in [0.5, 0.6) is 0 Å². The van der Waals surface area contributed by atoms with E-state index in [1.165, 1.54) is 30.4 Å². The summed E-state index contributed by atoms with van der Waals surface area (Å²) < 4.78 is 5.82. The van der Waals surface area contributed by atoms with Crippen molar-refractivity contribution in [2.75, 3.05) is 13.7 Å².